The molecule has 1 atom stereocenters. The van der Waals surface area contributed by atoms with Crippen molar-refractivity contribution < 1.29 is 14.3 Å². The molecule has 3 aromatic rings. The van der Waals surface area contributed by atoms with Crippen LogP contribution in [0.2, 0.25) is 5.02 Å². The number of thioether (sulfide) groups is 1. The standard InChI is InChI=1S/C24H27ClN4O3S/c1-16(23(30)26-14-13-17-7-11-19(31-2)12-8-17)33-24-28-27-22(29(24)18-9-10-18)15-32-21-6-4-3-5-20(21)25/h3-8,11-12,16,18H,9-10,13-15H2,1-2H3,(H,26,30). The molecule has 1 N–H and O–H groups in total. The molecule has 0 spiro atoms. The number of methoxy groups -OCH3 is 1. The van der Waals surface area contributed by atoms with Gasteiger partial charge in [-0.1, -0.05) is 47.6 Å². The fourth-order valence-electron chi connectivity index (χ4n) is 3.37. The van der Waals surface area contributed by atoms with E-state index in [4.69, 9.17) is 21.1 Å². The van der Waals surface area contributed by atoms with Gasteiger partial charge in [-0.25, -0.2) is 0 Å². The number of hydrogen-bond acceptors (Lipinski definition) is 6. The second-order valence-corrected chi connectivity index (χ2v) is 9.58. The van der Waals surface area contributed by atoms with E-state index < -0.39 is 0 Å². The number of nitrogens with zero attached hydrogens (tertiary/aromatic N) is 3. The highest BCUT2D eigenvalue weighted by molar-refractivity contribution is 8.00. The summed E-state index contributed by atoms with van der Waals surface area (Å²) in [4.78, 5) is 12.6. The van der Waals surface area contributed by atoms with Crippen molar-refractivity contribution in [3.05, 3.63) is 64.9 Å². The van der Waals surface area contributed by atoms with Crippen LogP contribution < -0.4 is 14.8 Å². The predicted octanol–water partition coefficient (Wildman–Crippen LogP) is 4.69. The van der Waals surface area contributed by atoms with Gasteiger partial charge in [-0.05, 0) is 56.0 Å². The fourth-order valence-corrected chi connectivity index (χ4v) is 4.52. The zero-order chi connectivity index (χ0) is 23.2. The van der Waals surface area contributed by atoms with Gasteiger partial charge in [0.25, 0.3) is 0 Å². The summed E-state index contributed by atoms with van der Waals surface area (Å²) in [6.45, 7) is 2.73. The topological polar surface area (TPSA) is 78.3 Å². The number of carbonyl (C=O) groups is 1. The number of carbonyl (C=O) groups excluding carboxylic acids is 1. The number of amides is 1. The van der Waals surface area contributed by atoms with E-state index in [2.05, 4.69) is 20.1 Å². The smallest absolute Gasteiger partial charge is 0.233 e. The second-order valence-electron chi connectivity index (χ2n) is 7.87. The highest BCUT2D eigenvalue weighted by atomic mass is 35.5. The number of nitrogens with one attached hydrogen (secondary N) is 1. The van der Waals surface area contributed by atoms with Crippen LogP contribution in [-0.4, -0.2) is 39.6 Å². The lowest BCUT2D eigenvalue weighted by Gasteiger charge is -2.14. The average molecular weight is 487 g/mol. The lowest BCUT2D eigenvalue weighted by atomic mass is 10.1. The number of halogens is 1. The summed E-state index contributed by atoms with van der Waals surface area (Å²) in [6, 6.07) is 15.6. The van der Waals surface area contributed by atoms with Crippen molar-refractivity contribution >= 4 is 29.3 Å². The van der Waals surface area contributed by atoms with Gasteiger partial charge in [0.05, 0.1) is 17.4 Å². The van der Waals surface area contributed by atoms with Crippen molar-refractivity contribution in [1.82, 2.24) is 20.1 Å². The summed E-state index contributed by atoms with van der Waals surface area (Å²) < 4.78 is 13.1. The van der Waals surface area contributed by atoms with Gasteiger partial charge in [-0.3, -0.25) is 9.36 Å². The molecule has 0 saturated heterocycles. The average Bonchev–Trinajstić information content (AvgIpc) is 3.59. The maximum absolute atomic E-state index is 12.6. The lowest BCUT2D eigenvalue weighted by Crippen LogP contribution is -2.32. The first-order valence-corrected chi connectivity index (χ1v) is 12.2. The van der Waals surface area contributed by atoms with Gasteiger partial charge in [0.1, 0.15) is 18.1 Å². The van der Waals surface area contributed by atoms with E-state index in [9.17, 15) is 4.79 Å². The molecule has 1 aliphatic carbocycles. The van der Waals surface area contributed by atoms with Crippen LogP contribution in [0.15, 0.2) is 53.7 Å². The molecule has 0 radical (unpaired) electrons. The molecular formula is C24H27ClN4O3S. The number of rotatable bonds is 11. The Morgan fingerprint density at radius 2 is 1.97 bits per heavy atom. The molecule has 0 aliphatic heterocycles. The molecule has 1 saturated carbocycles. The molecule has 0 bridgehead atoms. The van der Waals surface area contributed by atoms with Crippen molar-refractivity contribution in [2.24, 2.45) is 0 Å². The zero-order valence-corrected chi connectivity index (χ0v) is 20.2. The van der Waals surface area contributed by atoms with Gasteiger partial charge >= 0.3 is 0 Å². The van der Waals surface area contributed by atoms with Crippen molar-refractivity contribution in [1.29, 1.82) is 0 Å². The molecule has 7 nitrogen and oxygen atoms in total. The summed E-state index contributed by atoms with van der Waals surface area (Å²) in [5, 5.41) is 12.7. The number of aromatic nitrogens is 3. The minimum absolute atomic E-state index is 0.0206. The fraction of sp³-hybridized carbons (Fsp3) is 0.375. The molecule has 1 fully saturated rings. The van der Waals surface area contributed by atoms with Gasteiger partial charge in [0.2, 0.25) is 5.91 Å². The first kappa shape index (κ1) is 23.4. The second kappa shape index (κ2) is 10.9. The van der Waals surface area contributed by atoms with Crippen LogP contribution >= 0.6 is 23.4 Å². The molecule has 4 rings (SSSR count). The maximum Gasteiger partial charge on any atom is 0.233 e. The van der Waals surface area contributed by atoms with E-state index in [1.807, 2.05) is 49.4 Å². The molecule has 1 unspecified atom stereocenters. The highest BCUT2D eigenvalue weighted by Gasteiger charge is 2.31. The van der Waals surface area contributed by atoms with Crippen molar-refractivity contribution in [2.75, 3.05) is 13.7 Å². The molecule has 2 aromatic carbocycles. The maximum atomic E-state index is 12.6. The molecular weight excluding hydrogens is 460 g/mol. The van der Waals surface area contributed by atoms with Crippen LogP contribution in [0.1, 0.15) is 37.2 Å². The van der Waals surface area contributed by atoms with Crippen LogP contribution in [-0.2, 0) is 17.8 Å². The van der Waals surface area contributed by atoms with Gasteiger partial charge in [-0.2, -0.15) is 0 Å². The first-order chi connectivity index (χ1) is 16.0. The van der Waals surface area contributed by atoms with Crippen LogP contribution in [0, 0.1) is 0 Å². The third kappa shape index (κ3) is 6.21. The van der Waals surface area contributed by atoms with Crippen molar-refractivity contribution in [2.45, 2.75) is 49.2 Å². The van der Waals surface area contributed by atoms with E-state index >= 15 is 0 Å². The Hall–Kier alpha value is -2.71. The van der Waals surface area contributed by atoms with Crippen molar-refractivity contribution in [3.63, 3.8) is 0 Å². The van der Waals surface area contributed by atoms with E-state index in [1.165, 1.54) is 11.8 Å². The molecule has 33 heavy (non-hydrogen) atoms. The van der Waals surface area contributed by atoms with Gasteiger partial charge < -0.3 is 14.8 Å². The summed E-state index contributed by atoms with van der Waals surface area (Å²) >= 11 is 7.61. The van der Waals surface area contributed by atoms with E-state index in [1.54, 1.807) is 13.2 Å². The largest absolute Gasteiger partial charge is 0.497 e. The first-order valence-electron chi connectivity index (χ1n) is 10.9. The Bertz CT molecular complexity index is 1090. The van der Waals surface area contributed by atoms with E-state index in [-0.39, 0.29) is 17.8 Å². The molecule has 1 amide bonds. The summed E-state index contributed by atoms with van der Waals surface area (Å²) in [7, 11) is 1.65. The summed E-state index contributed by atoms with van der Waals surface area (Å²) in [5.74, 6) is 2.16. The minimum Gasteiger partial charge on any atom is -0.497 e. The van der Waals surface area contributed by atoms with Crippen LogP contribution in [0.4, 0.5) is 0 Å². The Labute approximate surface area is 202 Å². The SMILES string of the molecule is COc1ccc(CCNC(=O)C(C)Sc2nnc(COc3ccccc3Cl)n2C2CC2)cc1. The number of benzene rings is 2. The van der Waals surface area contributed by atoms with E-state index in [0.29, 0.717) is 23.4 Å². The Morgan fingerprint density at radius 3 is 2.67 bits per heavy atom. The minimum atomic E-state index is -0.292. The number of para-hydroxylation sites is 1. The third-order valence-corrected chi connectivity index (χ3v) is 6.73. The molecule has 1 heterocycles. The number of ether oxygens (including phenoxy) is 2. The molecule has 174 valence electrons. The number of hydrogen-bond donors (Lipinski definition) is 1. The van der Waals surface area contributed by atoms with Gasteiger partial charge in [0.15, 0.2) is 11.0 Å². The normalized spacial score (nSPS) is 14.0. The van der Waals surface area contributed by atoms with Crippen LogP contribution in [0.3, 0.4) is 0 Å². The Balaban J connectivity index is 1.31. The predicted molar refractivity (Wildman–Crippen MR) is 129 cm³/mol. The van der Waals surface area contributed by atoms with Crippen LogP contribution in [0.25, 0.3) is 0 Å². The molecule has 9 heteroatoms. The molecule has 1 aromatic heterocycles. The van der Waals surface area contributed by atoms with Crippen LogP contribution in [0.5, 0.6) is 11.5 Å². The monoisotopic (exact) mass is 486 g/mol. The Kier molecular flexibility index (Phi) is 7.77. The molecule has 1 aliphatic rings. The van der Waals surface area contributed by atoms with Gasteiger partial charge in [0, 0.05) is 12.6 Å². The summed E-state index contributed by atoms with van der Waals surface area (Å²) in [6.07, 6.45) is 2.91. The highest BCUT2D eigenvalue weighted by Crippen LogP contribution is 2.39. The summed E-state index contributed by atoms with van der Waals surface area (Å²) in [5.41, 5.74) is 1.15. The zero-order valence-electron chi connectivity index (χ0n) is 18.7. The quantitative estimate of drug-likeness (QED) is 0.396. The third-order valence-electron chi connectivity index (χ3n) is 5.36. The van der Waals surface area contributed by atoms with E-state index in [0.717, 1.165) is 41.6 Å². The Morgan fingerprint density at radius 1 is 1.21 bits per heavy atom. The van der Waals surface area contributed by atoms with Crippen molar-refractivity contribution in [3.8, 4) is 11.5 Å². The lowest BCUT2D eigenvalue weighted by molar-refractivity contribution is -0.120. The van der Waals surface area contributed by atoms with Gasteiger partial charge in [-0.15, -0.1) is 10.2 Å².